The van der Waals surface area contributed by atoms with Crippen molar-refractivity contribution in [1.82, 2.24) is 0 Å². The number of rotatable bonds is 4. The number of aryl methyl sites for hydroxylation is 1. The summed E-state index contributed by atoms with van der Waals surface area (Å²) in [6.07, 6.45) is 0.618. The summed E-state index contributed by atoms with van der Waals surface area (Å²) in [7, 11) is 0. The van der Waals surface area contributed by atoms with Gasteiger partial charge in [0.15, 0.2) is 0 Å². The van der Waals surface area contributed by atoms with E-state index in [4.69, 9.17) is 4.74 Å². The van der Waals surface area contributed by atoms with E-state index in [0.717, 1.165) is 28.4 Å². The molecule has 2 nitrogen and oxygen atoms in total. The van der Waals surface area contributed by atoms with E-state index < -0.39 is 6.10 Å². The van der Waals surface area contributed by atoms with Gasteiger partial charge in [-0.1, -0.05) is 12.1 Å². The van der Waals surface area contributed by atoms with Crippen molar-refractivity contribution in [2.24, 2.45) is 0 Å². The van der Waals surface area contributed by atoms with E-state index in [1.807, 2.05) is 43.0 Å². The van der Waals surface area contributed by atoms with Crippen molar-refractivity contribution in [2.45, 2.75) is 25.2 Å². The minimum atomic E-state index is -0.522. The van der Waals surface area contributed by atoms with Crippen LogP contribution in [0.15, 0.2) is 30.3 Å². The Morgan fingerprint density at radius 1 is 1.30 bits per heavy atom. The van der Waals surface area contributed by atoms with Gasteiger partial charge in [-0.05, 0) is 48.4 Å². The van der Waals surface area contributed by atoms with Crippen molar-refractivity contribution in [3.8, 4) is 5.75 Å². The Hall–Kier alpha value is -0.970. The third-order valence-corrected chi connectivity index (χ3v) is 5.72. The van der Waals surface area contributed by atoms with Gasteiger partial charge >= 0.3 is 0 Å². The zero-order valence-corrected chi connectivity index (χ0v) is 13.1. The van der Waals surface area contributed by atoms with Crippen LogP contribution in [0.4, 0.5) is 0 Å². The molecule has 0 saturated carbocycles. The van der Waals surface area contributed by atoms with Crippen LogP contribution >= 0.6 is 23.1 Å². The first-order valence-electron chi connectivity index (χ1n) is 6.88. The van der Waals surface area contributed by atoms with E-state index >= 15 is 0 Å². The maximum Gasteiger partial charge on any atom is 0.119 e. The average Bonchev–Trinajstić information content (AvgIpc) is 2.91. The van der Waals surface area contributed by atoms with Crippen molar-refractivity contribution < 1.29 is 9.84 Å². The van der Waals surface area contributed by atoms with Crippen molar-refractivity contribution in [2.75, 3.05) is 12.4 Å². The summed E-state index contributed by atoms with van der Waals surface area (Å²) in [5, 5.41) is 10.5. The quantitative estimate of drug-likeness (QED) is 0.925. The summed E-state index contributed by atoms with van der Waals surface area (Å²) in [5.41, 5.74) is 2.34. The van der Waals surface area contributed by atoms with Crippen LogP contribution in [0, 0.1) is 0 Å². The van der Waals surface area contributed by atoms with Gasteiger partial charge in [0.2, 0.25) is 0 Å². The topological polar surface area (TPSA) is 29.5 Å². The number of thiophene rings is 1. The number of ether oxygens (including phenoxy) is 1. The number of hydrogen-bond acceptors (Lipinski definition) is 4. The van der Waals surface area contributed by atoms with Crippen LogP contribution in [0.1, 0.15) is 33.9 Å². The van der Waals surface area contributed by atoms with Crippen molar-refractivity contribution in [3.05, 3.63) is 51.2 Å². The molecule has 2 aromatic rings. The molecule has 1 atom stereocenters. The lowest BCUT2D eigenvalue weighted by Gasteiger charge is -2.10. The second-order valence-electron chi connectivity index (χ2n) is 4.80. The molecule has 1 aromatic carbocycles. The molecule has 2 heterocycles. The van der Waals surface area contributed by atoms with Gasteiger partial charge in [-0.25, -0.2) is 0 Å². The first-order valence-corrected chi connectivity index (χ1v) is 8.85. The fourth-order valence-corrected chi connectivity index (χ4v) is 4.77. The van der Waals surface area contributed by atoms with Gasteiger partial charge in [0.05, 0.1) is 6.61 Å². The van der Waals surface area contributed by atoms with Crippen LogP contribution in [-0.4, -0.2) is 17.5 Å². The molecule has 3 rings (SSSR count). The van der Waals surface area contributed by atoms with Crippen molar-refractivity contribution >= 4 is 23.1 Å². The predicted octanol–water partition coefficient (Wildman–Crippen LogP) is 4.02. The maximum absolute atomic E-state index is 10.5. The Balaban J connectivity index is 1.80. The van der Waals surface area contributed by atoms with E-state index in [9.17, 15) is 5.11 Å². The molecule has 1 aliphatic rings. The number of thioether (sulfide) groups is 1. The summed E-state index contributed by atoms with van der Waals surface area (Å²) in [4.78, 5) is 2.50. The fraction of sp³-hybridized carbons (Fsp3) is 0.375. The molecular formula is C16H18O2S2. The minimum absolute atomic E-state index is 0.522. The highest BCUT2D eigenvalue weighted by molar-refractivity contribution is 7.98. The molecule has 1 N–H and O–H groups in total. The number of hydrogen-bond donors (Lipinski definition) is 1. The SMILES string of the molecule is CCOc1ccc(C(O)c2cc3c(s2)CCSC3)cc1. The number of benzene rings is 1. The second-order valence-corrected chi connectivity index (χ2v) is 7.08. The number of aliphatic hydroxyl groups excluding tert-OH is 1. The monoisotopic (exact) mass is 306 g/mol. The lowest BCUT2D eigenvalue weighted by atomic mass is 10.1. The van der Waals surface area contributed by atoms with Crippen molar-refractivity contribution in [1.29, 1.82) is 0 Å². The lowest BCUT2D eigenvalue weighted by molar-refractivity contribution is 0.224. The van der Waals surface area contributed by atoms with Crippen LogP contribution in [0.3, 0.4) is 0 Å². The Labute approximate surface area is 127 Å². The Morgan fingerprint density at radius 2 is 2.10 bits per heavy atom. The summed E-state index contributed by atoms with van der Waals surface area (Å²) in [5.74, 6) is 3.14. The zero-order valence-electron chi connectivity index (χ0n) is 11.5. The molecular weight excluding hydrogens is 288 g/mol. The molecule has 1 aliphatic heterocycles. The third-order valence-electron chi connectivity index (χ3n) is 3.42. The highest BCUT2D eigenvalue weighted by Gasteiger charge is 2.19. The average molecular weight is 306 g/mol. The van der Waals surface area contributed by atoms with Crippen LogP contribution in [0.5, 0.6) is 5.75 Å². The summed E-state index contributed by atoms with van der Waals surface area (Å²) in [6, 6.07) is 9.91. The normalized spacial score (nSPS) is 15.7. The molecule has 0 spiro atoms. The van der Waals surface area contributed by atoms with Crippen LogP contribution in [-0.2, 0) is 12.2 Å². The van der Waals surface area contributed by atoms with Crippen LogP contribution < -0.4 is 4.74 Å². The van der Waals surface area contributed by atoms with E-state index in [1.54, 1.807) is 11.3 Å². The van der Waals surface area contributed by atoms with Gasteiger partial charge in [0.1, 0.15) is 11.9 Å². The lowest BCUT2D eigenvalue weighted by Crippen LogP contribution is -1.98. The molecule has 1 unspecified atom stereocenters. The third kappa shape index (κ3) is 2.87. The van der Waals surface area contributed by atoms with Gasteiger partial charge in [-0.2, -0.15) is 11.8 Å². The maximum atomic E-state index is 10.5. The van der Waals surface area contributed by atoms with E-state index in [0.29, 0.717) is 6.61 Å². The molecule has 1 aromatic heterocycles. The first-order chi connectivity index (χ1) is 9.78. The minimum Gasteiger partial charge on any atom is -0.494 e. The summed E-state index contributed by atoms with van der Waals surface area (Å²) in [6.45, 7) is 2.63. The van der Waals surface area contributed by atoms with E-state index in [2.05, 4.69) is 6.07 Å². The smallest absolute Gasteiger partial charge is 0.119 e. The highest BCUT2D eigenvalue weighted by atomic mass is 32.2. The Bertz CT molecular complexity index is 551. The molecule has 106 valence electrons. The molecule has 0 saturated heterocycles. The first kappa shape index (κ1) is 14.0. The molecule has 0 aliphatic carbocycles. The largest absolute Gasteiger partial charge is 0.494 e. The van der Waals surface area contributed by atoms with Crippen LogP contribution in [0.2, 0.25) is 0 Å². The molecule has 4 heteroatoms. The Kier molecular flexibility index (Phi) is 4.34. The van der Waals surface area contributed by atoms with Gasteiger partial charge in [0, 0.05) is 15.5 Å². The van der Waals surface area contributed by atoms with E-state index in [1.165, 1.54) is 16.2 Å². The Morgan fingerprint density at radius 3 is 2.80 bits per heavy atom. The molecule has 0 amide bonds. The molecule has 20 heavy (non-hydrogen) atoms. The molecule has 0 bridgehead atoms. The van der Waals surface area contributed by atoms with Crippen LogP contribution in [0.25, 0.3) is 0 Å². The van der Waals surface area contributed by atoms with Gasteiger partial charge in [0.25, 0.3) is 0 Å². The number of aliphatic hydroxyl groups is 1. The second kappa shape index (κ2) is 6.20. The predicted molar refractivity (Wildman–Crippen MR) is 85.9 cm³/mol. The molecule has 0 fully saturated rings. The highest BCUT2D eigenvalue weighted by Crippen LogP contribution is 2.36. The van der Waals surface area contributed by atoms with Crippen molar-refractivity contribution in [3.63, 3.8) is 0 Å². The van der Waals surface area contributed by atoms with Gasteiger partial charge < -0.3 is 9.84 Å². The summed E-state index contributed by atoms with van der Waals surface area (Å²) >= 11 is 3.73. The fourth-order valence-electron chi connectivity index (χ4n) is 2.38. The van der Waals surface area contributed by atoms with E-state index in [-0.39, 0.29) is 0 Å². The van der Waals surface area contributed by atoms with Gasteiger partial charge in [-0.15, -0.1) is 11.3 Å². The molecule has 0 radical (unpaired) electrons. The van der Waals surface area contributed by atoms with Gasteiger partial charge in [-0.3, -0.25) is 0 Å². The number of fused-ring (bicyclic) bond motifs is 1. The summed E-state index contributed by atoms with van der Waals surface area (Å²) < 4.78 is 5.43. The zero-order chi connectivity index (χ0) is 13.9. The standard InChI is InChI=1S/C16H18O2S2/c1-2-18-13-5-3-11(4-6-13)16(17)15-9-12-10-19-8-7-14(12)20-15/h3-6,9,16-17H,2,7-8,10H2,1H3.